The SMILES string of the molecule is COP1(=O)OCC(C)(C)[C@H](C(=O)NCCC(=O)NCCSC(=O)CC(=O)CC(=O)C(=O)O)O1. The molecule has 0 aromatic rings. The minimum atomic E-state index is -3.82. The van der Waals surface area contributed by atoms with E-state index in [4.69, 9.17) is 18.7 Å². The average molecular weight is 510 g/mol. The highest BCUT2D eigenvalue weighted by Crippen LogP contribution is 2.56. The van der Waals surface area contributed by atoms with E-state index in [9.17, 15) is 33.3 Å². The molecule has 0 bridgehead atoms. The molecule has 1 fully saturated rings. The lowest BCUT2D eigenvalue weighted by molar-refractivity contribution is -0.150. The quantitative estimate of drug-likeness (QED) is 0.131. The third kappa shape index (κ3) is 10.1. The molecule has 0 aromatic heterocycles. The van der Waals surface area contributed by atoms with Gasteiger partial charge in [-0.15, -0.1) is 0 Å². The molecule has 15 heteroatoms. The number of nitrogens with one attached hydrogen (secondary N) is 2. The maximum Gasteiger partial charge on any atom is 0.475 e. The first-order valence-corrected chi connectivity index (χ1v) is 12.2. The van der Waals surface area contributed by atoms with Crippen molar-refractivity contribution in [2.45, 2.75) is 39.2 Å². The van der Waals surface area contributed by atoms with E-state index >= 15 is 0 Å². The van der Waals surface area contributed by atoms with Crippen LogP contribution in [0.2, 0.25) is 0 Å². The van der Waals surface area contributed by atoms with Crippen molar-refractivity contribution in [2.24, 2.45) is 5.41 Å². The lowest BCUT2D eigenvalue weighted by Crippen LogP contribution is -2.50. The molecule has 1 unspecified atom stereocenters. The molecule has 1 heterocycles. The largest absolute Gasteiger partial charge is 0.475 e. The number of carbonyl (C=O) groups excluding carboxylic acids is 5. The van der Waals surface area contributed by atoms with Gasteiger partial charge in [0.1, 0.15) is 5.78 Å². The van der Waals surface area contributed by atoms with Crippen LogP contribution >= 0.6 is 19.6 Å². The molecule has 186 valence electrons. The van der Waals surface area contributed by atoms with Gasteiger partial charge in [-0.2, -0.15) is 0 Å². The Labute approximate surface area is 194 Å². The van der Waals surface area contributed by atoms with E-state index in [0.29, 0.717) is 0 Å². The molecule has 0 saturated carbocycles. The fraction of sp³-hybridized carbons (Fsp3) is 0.667. The lowest BCUT2D eigenvalue weighted by Gasteiger charge is -2.39. The van der Waals surface area contributed by atoms with Crippen LogP contribution in [0.1, 0.15) is 33.1 Å². The summed E-state index contributed by atoms with van der Waals surface area (Å²) in [5.74, 6) is -4.62. The number of carboxylic acid groups (broad SMARTS) is 1. The Morgan fingerprint density at radius 2 is 1.79 bits per heavy atom. The number of aliphatic carboxylic acids is 1. The van der Waals surface area contributed by atoms with Gasteiger partial charge < -0.3 is 15.7 Å². The Morgan fingerprint density at radius 1 is 1.12 bits per heavy atom. The van der Waals surface area contributed by atoms with E-state index in [1.54, 1.807) is 13.8 Å². The van der Waals surface area contributed by atoms with Crippen molar-refractivity contribution in [1.82, 2.24) is 10.6 Å². The van der Waals surface area contributed by atoms with E-state index < -0.39 is 66.6 Å². The van der Waals surface area contributed by atoms with Gasteiger partial charge >= 0.3 is 13.8 Å². The Morgan fingerprint density at radius 3 is 2.39 bits per heavy atom. The summed E-state index contributed by atoms with van der Waals surface area (Å²) in [6, 6.07) is 0. The highest BCUT2D eigenvalue weighted by molar-refractivity contribution is 8.13. The van der Waals surface area contributed by atoms with Gasteiger partial charge in [-0.3, -0.25) is 37.5 Å². The highest BCUT2D eigenvalue weighted by Gasteiger charge is 2.48. The van der Waals surface area contributed by atoms with E-state index in [-0.39, 0.29) is 31.9 Å². The van der Waals surface area contributed by atoms with Crippen molar-refractivity contribution in [2.75, 3.05) is 32.6 Å². The summed E-state index contributed by atoms with van der Waals surface area (Å²) >= 11 is 0.762. The number of amides is 2. The van der Waals surface area contributed by atoms with Gasteiger partial charge in [-0.1, -0.05) is 25.6 Å². The van der Waals surface area contributed by atoms with Gasteiger partial charge in [0.2, 0.25) is 17.6 Å². The number of ketones is 2. The lowest BCUT2D eigenvalue weighted by atomic mass is 9.87. The van der Waals surface area contributed by atoms with Crippen LogP contribution in [0.3, 0.4) is 0 Å². The highest BCUT2D eigenvalue weighted by atomic mass is 32.2. The number of thioether (sulfide) groups is 1. The standard InChI is InChI=1S/C18H27N2O11PS/c1-18(2)10-30-32(28,29-3)31-15(18)16(25)20-5-4-13(23)19-6-7-33-14(24)9-11(21)8-12(22)17(26)27/h15H,4-10H2,1-3H3,(H,19,23)(H,20,25)(H,26,27)/t15-,32?/m0/s1. The summed E-state index contributed by atoms with van der Waals surface area (Å²) in [6.45, 7) is 3.46. The number of Topliss-reactive ketones (excluding diaryl/α,β-unsaturated/α-hetero) is 2. The predicted molar refractivity (Wildman–Crippen MR) is 114 cm³/mol. The summed E-state index contributed by atoms with van der Waals surface area (Å²) < 4.78 is 27.1. The Hall–Kier alpha value is -2.12. The van der Waals surface area contributed by atoms with Crippen LogP contribution in [0.4, 0.5) is 0 Å². The van der Waals surface area contributed by atoms with Crippen molar-refractivity contribution in [3.63, 3.8) is 0 Å². The molecule has 1 rings (SSSR count). The molecule has 13 nitrogen and oxygen atoms in total. The number of phosphoric acid groups is 1. The van der Waals surface area contributed by atoms with E-state index in [1.807, 2.05) is 0 Å². The van der Waals surface area contributed by atoms with Crippen LogP contribution in [0, 0.1) is 5.41 Å². The molecule has 1 aliphatic heterocycles. The van der Waals surface area contributed by atoms with Crippen molar-refractivity contribution >= 4 is 54.1 Å². The van der Waals surface area contributed by atoms with Crippen molar-refractivity contribution < 1.29 is 52.0 Å². The first-order chi connectivity index (χ1) is 15.3. The number of hydrogen-bond acceptors (Lipinski definition) is 11. The van der Waals surface area contributed by atoms with Gasteiger partial charge in [0, 0.05) is 37.8 Å². The molecule has 0 spiro atoms. The number of carboxylic acids is 1. The van der Waals surface area contributed by atoms with Crippen LogP contribution in [0.15, 0.2) is 0 Å². The Bertz CT molecular complexity index is 845. The summed E-state index contributed by atoms with van der Waals surface area (Å²) in [5.41, 5.74) is -0.773. The molecule has 2 amide bonds. The monoisotopic (exact) mass is 510 g/mol. The third-order valence-corrected chi connectivity index (χ3v) is 6.51. The molecule has 2 atom stereocenters. The van der Waals surface area contributed by atoms with Crippen LogP contribution in [0.25, 0.3) is 0 Å². The van der Waals surface area contributed by atoms with Crippen LogP contribution in [-0.4, -0.2) is 78.2 Å². The van der Waals surface area contributed by atoms with Crippen LogP contribution in [0.5, 0.6) is 0 Å². The van der Waals surface area contributed by atoms with Crippen LogP contribution < -0.4 is 10.6 Å². The van der Waals surface area contributed by atoms with E-state index in [2.05, 4.69) is 10.6 Å². The minimum absolute atomic E-state index is 0.0169. The zero-order valence-electron chi connectivity index (χ0n) is 18.4. The summed E-state index contributed by atoms with van der Waals surface area (Å²) in [4.78, 5) is 68.6. The normalized spacial score (nSPS) is 21.6. The summed E-state index contributed by atoms with van der Waals surface area (Å²) in [5, 5.41) is 12.9. The maximum absolute atomic E-state index is 12.4. The van der Waals surface area contributed by atoms with Gasteiger partial charge in [0.05, 0.1) is 19.4 Å². The second-order valence-electron chi connectivity index (χ2n) is 7.61. The molecule has 0 aliphatic carbocycles. The average Bonchev–Trinajstić information content (AvgIpc) is 2.72. The van der Waals surface area contributed by atoms with Gasteiger partial charge in [-0.25, -0.2) is 9.36 Å². The predicted octanol–water partition coefficient (Wildman–Crippen LogP) is 0.0678. The fourth-order valence-electron chi connectivity index (χ4n) is 2.49. The topological polar surface area (TPSA) is 191 Å². The molecule has 33 heavy (non-hydrogen) atoms. The van der Waals surface area contributed by atoms with Gasteiger partial charge in [0.25, 0.3) is 0 Å². The first-order valence-electron chi connectivity index (χ1n) is 9.76. The van der Waals surface area contributed by atoms with Crippen molar-refractivity contribution in [3.8, 4) is 0 Å². The fourth-order valence-corrected chi connectivity index (χ4v) is 4.56. The summed E-state index contributed by atoms with van der Waals surface area (Å²) in [7, 11) is -2.68. The van der Waals surface area contributed by atoms with Gasteiger partial charge in [-0.05, 0) is 0 Å². The van der Waals surface area contributed by atoms with Crippen molar-refractivity contribution in [1.29, 1.82) is 0 Å². The molecule has 3 N–H and O–H groups in total. The summed E-state index contributed by atoms with van der Waals surface area (Å²) in [6.07, 6.45) is -2.59. The Balaban J connectivity index is 2.27. The zero-order chi connectivity index (χ0) is 25.2. The number of phosphoric ester groups is 1. The van der Waals surface area contributed by atoms with Crippen molar-refractivity contribution in [3.05, 3.63) is 0 Å². The second-order valence-corrected chi connectivity index (χ2v) is 10.5. The molecular formula is C18H27N2O11PS. The second kappa shape index (κ2) is 12.9. The van der Waals surface area contributed by atoms with Gasteiger partial charge in [0.15, 0.2) is 11.2 Å². The number of carbonyl (C=O) groups is 6. The molecule has 0 aromatic carbocycles. The molecule has 1 saturated heterocycles. The van der Waals surface area contributed by atoms with E-state index in [0.717, 1.165) is 18.9 Å². The number of hydrogen-bond donors (Lipinski definition) is 3. The third-order valence-electron chi connectivity index (χ3n) is 4.28. The van der Waals surface area contributed by atoms with Crippen LogP contribution in [-0.2, 0) is 46.9 Å². The molecule has 0 radical (unpaired) electrons. The number of rotatable bonds is 13. The van der Waals surface area contributed by atoms with E-state index in [1.165, 1.54) is 0 Å². The smallest absolute Gasteiger partial charge is 0.475 e. The minimum Gasteiger partial charge on any atom is -0.475 e. The zero-order valence-corrected chi connectivity index (χ0v) is 20.1. The molecule has 1 aliphatic rings. The molecular weight excluding hydrogens is 483 g/mol. The Kier molecular flexibility index (Phi) is 11.3. The maximum atomic E-state index is 12.4. The first kappa shape index (κ1) is 28.9.